The first-order chi connectivity index (χ1) is 5.97. The molecule has 0 heterocycles. The third-order valence-corrected chi connectivity index (χ3v) is 1.84. The summed E-state index contributed by atoms with van der Waals surface area (Å²) in [6, 6.07) is 0. The molecule has 0 rings (SSSR count). The third kappa shape index (κ3) is 5.66. The number of allylic oxidation sites excluding steroid dienone is 1. The molecule has 0 amide bonds. The van der Waals surface area contributed by atoms with Crippen LogP contribution >= 0.6 is 11.6 Å². The summed E-state index contributed by atoms with van der Waals surface area (Å²) >= 11 is 5.84. The fourth-order valence-corrected chi connectivity index (χ4v) is 0.884. The second kappa shape index (κ2) is 6.00. The average molecular weight is 206 g/mol. The van der Waals surface area contributed by atoms with Crippen LogP contribution in [0.3, 0.4) is 0 Å². The SMILES string of the molecule is CCC(Cl)C=C(C)C(=O)ON(C)C. The Labute approximate surface area is 84.3 Å². The van der Waals surface area contributed by atoms with Gasteiger partial charge in [0.1, 0.15) is 0 Å². The molecule has 0 aliphatic heterocycles. The number of alkyl halides is 1. The van der Waals surface area contributed by atoms with Crippen molar-refractivity contribution in [1.29, 1.82) is 0 Å². The molecule has 0 saturated heterocycles. The largest absolute Gasteiger partial charge is 0.365 e. The van der Waals surface area contributed by atoms with Gasteiger partial charge in [0.15, 0.2) is 0 Å². The van der Waals surface area contributed by atoms with Crippen LogP contribution in [0.2, 0.25) is 0 Å². The van der Waals surface area contributed by atoms with Gasteiger partial charge in [-0.25, -0.2) is 4.79 Å². The maximum atomic E-state index is 11.2. The zero-order valence-electron chi connectivity index (χ0n) is 8.50. The number of rotatable bonds is 4. The lowest BCUT2D eigenvalue weighted by molar-refractivity contribution is -0.172. The van der Waals surface area contributed by atoms with Crippen molar-refractivity contribution in [3.63, 3.8) is 0 Å². The molecule has 0 fully saturated rings. The molecule has 0 spiro atoms. The van der Waals surface area contributed by atoms with Crippen molar-refractivity contribution in [3.8, 4) is 0 Å². The summed E-state index contributed by atoms with van der Waals surface area (Å²) in [4.78, 5) is 16.0. The van der Waals surface area contributed by atoms with Gasteiger partial charge in [-0.1, -0.05) is 13.0 Å². The maximum Gasteiger partial charge on any atom is 0.352 e. The summed E-state index contributed by atoms with van der Waals surface area (Å²) in [6.07, 6.45) is 2.50. The van der Waals surface area contributed by atoms with E-state index in [0.717, 1.165) is 6.42 Å². The minimum Gasteiger partial charge on any atom is -0.365 e. The zero-order chi connectivity index (χ0) is 10.4. The molecule has 1 unspecified atom stereocenters. The molecule has 0 N–H and O–H groups in total. The van der Waals surface area contributed by atoms with Gasteiger partial charge < -0.3 is 4.84 Å². The highest BCUT2D eigenvalue weighted by Crippen LogP contribution is 2.07. The number of carbonyl (C=O) groups excluding carboxylic acids is 1. The summed E-state index contributed by atoms with van der Waals surface area (Å²) in [5, 5.41) is 1.25. The number of hydroxylamine groups is 2. The zero-order valence-corrected chi connectivity index (χ0v) is 9.26. The van der Waals surface area contributed by atoms with E-state index in [-0.39, 0.29) is 11.3 Å². The van der Waals surface area contributed by atoms with E-state index in [0.29, 0.717) is 5.57 Å². The van der Waals surface area contributed by atoms with E-state index in [9.17, 15) is 4.79 Å². The molecule has 0 radical (unpaired) electrons. The quantitative estimate of drug-likeness (QED) is 0.399. The van der Waals surface area contributed by atoms with Crippen LogP contribution < -0.4 is 0 Å². The Bertz CT molecular complexity index is 202. The van der Waals surface area contributed by atoms with Gasteiger partial charge in [-0.15, -0.1) is 16.7 Å². The number of nitrogens with zero attached hydrogens (tertiary/aromatic N) is 1. The molecule has 1 atom stereocenters. The second-order valence-corrected chi connectivity index (χ2v) is 3.53. The van der Waals surface area contributed by atoms with Crippen LogP contribution in [0.5, 0.6) is 0 Å². The number of hydrogen-bond donors (Lipinski definition) is 0. The molecular weight excluding hydrogens is 190 g/mol. The summed E-state index contributed by atoms with van der Waals surface area (Å²) in [7, 11) is 3.31. The first kappa shape index (κ1) is 12.5. The van der Waals surface area contributed by atoms with Gasteiger partial charge in [0.05, 0.1) is 5.38 Å². The van der Waals surface area contributed by atoms with Gasteiger partial charge >= 0.3 is 5.97 Å². The number of carbonyl (C=O) groups is 1. The molecule has 0 aromatic heterocycles. The predicted molar refractivity (Wildman–Crippen MR) is 53.5 cm³/mol. The van der Waals surface area contributed by atoms with Crippen LogP contribution in [0.25, 0.3) is 0 Å². The lowest BCUT2D eigenvalue weighted by Crippen LogP contribution is -2.19. The Balaban J connectivity index is 4.16. The molecule has 3 nitrogen and oxygen atoms in total. The van der Waals surface area contributed by atoms with E-state index in [2.05, 4.69) is 0 Å². The lowest BCUT2D eigenvalue weighted by Gasteiger charge is -2.10. The molecule has 0 aromatic rings. The highest BCUT2D eigenvalue weighted by molar-refractivity contribution is 6.22. The van der Waals surface area contributed by atoms with Crippen molar-refractivity contribution < 1.29 is 9.63 Å². The van der Waals surface area contributed by atoms with E-state index in [1.54, 1.807) is 27.1 Å². The topological polar surface area (TPSA) is 29.5 Å². The molecule has 0 aliphatic rings. The van der Waals surface area contributed by atoms with Crippen LogP contribution in [0.4, 0.5) is 0 Å². The monoisotopic (exact) mass is 205 g/mol. The average Bonchev–Trinajstić information content (AvgIpc) is 2.02. The first-order valence-corrected chi connectivity index (χ1v) is 4.63. The Morgan fingerprint density at radius 2 is 2.15 bits per heavy atom. The molecule has 0 saturated carbocycles. The summed E-state index contributed by atoms with van der Waals surface area (Å²) in [5.74, 6) is -0.357. The van der Waals surface area contributed by atoms with Gasteiger partial charge in [-0.3, -0.25) is 0 Å². The molecule has 0 bridgehead atoms. The molecule has 76 valence electrons. The van der Waals surface area contributed by atoms with Crippen molar-refractivity contribution in [2.45, 2.75) is 25.6 Å². The Morgan fingerprint density at radius 1 is 1.62 bits per heavy atom. The van der Waals surface area contributed by atoms with E-state index in [4.69, 9.17) is 16.4 Å². The minimum absolute atomic E-state index is 0.102. The van der Waals surface area contributed by atoms with Crippen LogP contribution in [0.15, 0.2) is 11.6 Å². The van der Waals surface area contributed by atoms with Crippen LogP contribution in [0.1, 0.15) is 20.3 Å². The Kier molecular flexibility index (Phi) is 5.75. The van der Waals surface area contributed by atoms with Crippen molar-refractivity contribution in [2.24, 2.45) is 0 Å². The molecular formula is C9H16ClNO2. The van der Waals surface area contributed by atoms with Crippen molar-refractivity contribution in [2.75, 3.05) is 14.1 Å². The van der Waals surface area contributed by atoms with Gasteiger partial charge in [0.25, 0.3) is 0 Å². The second-order valence-electron chi connectivity index (χ2n) is 2.97. The smallest absolute Gasteiger partial charge is 0.352 e. The number of halogens is 1. The summed E-state index contributed by atoms with van der Waals surface area (Å²) in [6.45, 7) is 3.65. The van der Waals surface area contributed by atoms with Gasteiger partial charge in [-0.2, -0.15) is 0 Å². The predicted octanol–water partition coefficient (Wildman–Crippen LogP) is 1.97. The standard InChI is InChI=1S/C9H16ClNO2/c1-5-8(10)6-7(2)9(12)13-11(3)4/h6,8H,5H2,1-4H3. The lowest BCUT2D eigenvalue weighted by atomic mass is 10.2. The Hall–Kier alpha value is -0.540. The van der Waals surface area contributed by atoms with Crippen molar-refractivity contribution in [1.82, 2.24) is 5.06 Å². The maximum absolute atomic E-state index is 11.2. The third-order valence-electron chi connectivity index (χ3n) is 1.41. The van der Waals surface area contributed by atoms with Gasteiger partial charge in [-0.05, 0) is 13.3 Å². The molecule has 0 aliphatic carbocycles. The van der Waals surface area contributed by atoms with E-state index >= 15 is 0 Å². The van der Waals surface area contributed by atoms with Gasteiger partial charge in [0.2, 0.25) is 0 Å². The summed E-state index contributed by atoms with van der Waals surface area (Å²) < 4.78 is 0. The van der Waals surface area contributed by atoms with E-state index in [1.807, 2.05) is 6.92 Å². The first-order valence-electron chi connectivity index (χ1n) is 4.19. The Morgan fingerprint density at radius 3 is 2.54 bits per heavy atom. The normalized spacial score (nSPS) is 14.5. The van der Waals surface area contributed by atoms with Crippen molar-refractivity contribution >= 4 is 17.6 Å². The summed E-state index contributed by atoms with van der Waals surface area (Å²) in [5.41, 5.74) is 0.538. The van der Waals surface area contributed by atoms with Crippen LogP contribution in [-0.4, -0.2) is 30.5 Å². The number of hydrogen-bond acceptors (Lipinski definition) is 3. The van der Waals surface area contributed by atoms with Crippen molar-refractivity contribution in [3.05, 3.63) is 11.6 Å². The van der Waals surface area contributed by atoms with Gasteiger partial charge in [0, 0.05) is 19.7 Å². The van der Waals surface area contributed by atoms with Crippen LogP contribution in [0, 0.1) is 0 Å². The van der Waals surface area contributed by atoms with E-state index in [1.165, 1.54) is 5.06 Å². The highest BCUT2D eigenvalue weighted by atomic mass is 35.5. The van der Waals surface area contributed by atoms with Crippen LogP contribution in [-0.2, 0) is 9.63 Å². The highest BCUT2D eigenvalue weighted by Gasteiger charge is 2.08. The minimum atomic E-state index is -0.357. The van der Waals surface area contributed by atoms with E-state index < -0.39 is 0 Å². The molecule has 13 heavy (non-hydrogen) atoms. The fourth-order valence-electron chi connectivity index (χ4n) is 0.695. The molecule has 4 heteroatoms. The fraction of sp³-hybridized carbons (Fsp3) is 0.667. The molecule has 0 aromatic carbocycles.